The summed E-state index contributed by atoms with van der Waals surface area (Å²) in [5.74, 6) is -1.24. The van der Waals surface area contributed by atoms with E-state index in [0.29, 0.717) is 6.54 Å². The summed E-state index contributed by atoms with van der Waals surface area (Å²) in [6.45, 7) is 2.33. The van der Waals surface area contributed by atoms with Gasteiger partial charge in [-0.2, -0.15) is 0 Å². The maximum absolute atomic E-state index is 12.9. The van der Waals surface area contributed by atoms with Gasteiger partial charge in [-0.1, -0.05) is 18.2 Å². The second-order valence-electron chi connectivity index (χ2n) is 3.43. The first-order valence-electron chi connectivity index (χ1n) is 4.98. The molecule has 0 saturated heterocycles. The Morgan fingerprint density at radius 3 is 3.00 bits per heavy atom. The lowest BCUT2D eigenvalue weighted by Crippen LogP contribution is -2.18. The standard InChI is InChI=1S/C12H14FNO2/c1-9(14-7-3-6-12(15)16)10-4-2-5-11(13)8-10/h2-6,8-9,14H,7H2,1H3,(H,15,16)/b6-3+/t9-/m1/s1. The minimum absolute atomic E-state index is 0.0193. The molecule has 0 spiro atoms. The van der Waals surface area contributed by atoms with Crippen molar-refractivity contribution in [1.29, 1.82) is 0 Å². The fourth-order valence-electron chi connectivity index (χ4n) is 1.30. The Labute approximate surface area is 93.6 Å². The molecule has 0 fully saturated rings. The van der Waals surface area contributed by atoms with Gasteiger partial charge in [-0.25, -0.2) is 9.18 Å². The van der Waals surface area contributed by atoms with Crippen LogP contribution < -0.4 is 5.32 Å². The molecular formula is C12H14FNO2. The zero-order valence-electron chi connectivity index (χ0n) is 8.98. The Morgan fingerprint density at radius 1 is 1.62 bits per heavy atom. The van der Waals surface area contributed by atoms with E-state index >= 15 is 0 Å². The van der Waals surface area contributed by atoms with Crippen LogP contribution in [0.5, 0.6) is 0 Å². The number of rotatable bonds is 5. The van der Waals surface area contributed by atoms with E-state index in [2.05, 4.69) is 5.32 Å². The van der Waals surface area contributed by atoms with Crippen LogP contribution in [-0.2, 0) is 4.79 Å². The summed E-state index contributed by atoms with van der Waals surface area (Å²) >= 11 is 0. The van der Waals surface area contributed by atoms with Crippen molar-refractivity contribution < 1.29 is 14.3 Å². The van der Waals surface area contributed by atoms with Gasteiger partial charge in [0.2, 0.25) is 0 Å². The van der Waals surface area contributed by atoms with Crippen LogP contribution in [0.2, 0.25) is 0 Å². The van der Waals surface area contributed by atoms with Crippen molar-refractivity contribution in [2.75, 3.05) is 6.54 Å². The molecule has 3 nitrogen and oxygen atoms in total. The van der Waals surface area contributed by atoms with Crippen molar-refractivity contribution in [3.8, 4) is 0 Å². The first kappa shape index (κ1) is 12.4. The van der Waals surface area contributed by atoms with Gasteiger partial charge in [0, 0.05) is 18.7 Å². The Balaban J connectivity index is 2.46. The molecule has 86 valence electrons. The van der Waals surface area contributed by atoms with Crippen LogP contribution in [0, 0.1) is 5.82 Å². The third-order valence-electron chi connectivity index (χ3n) is 2.15. The van der Waals surface area contributed by atoms with E-state index in [9.17, 15) is 9.18 Å². The molecule has 4 heteroatoms. The number of carbonyl (C=O) groups is 1. The Bertz CT molecular complexity index is 390. The average molecular weight is 223 g/mol. The van der Waals surface area contributed by atoms with Gasteiger partial charge in [0.05, 0.1) is 0 Å². The highest BCUT2D eigenvalue weighted by Gasteiger charge is 2.03. The number of carboxylic acid groups (broad SMARTS) is 1. The molecular weight excluding hydrogens is 209 g/mol. The van der Waals surface area contributed by atoms with E-state index in [1.807, 2.05) is 13.0 Å². The third kappa shape index (κ3) is 4.23. The second kappa shape index (κ2) is 6.02. The zero-order chi connectivity index (χ0) is 12.0. The van der Waals surface area contributed by atoms with Crippen molar-refractivity contribution >= 4 is 5.97 Å². The molecule has 1 aromatic carbocycles. The number of hydrogen-bond acceptors (Lipinski definition) is 2. The molecule has 1 rings (SSSR count). The number of nitrogens with one attached hydrogen (secondary N) is 1. The fourth-order valence-corrected chi connectivity index (χ4v) is 1.30. The quantitative estimate of drug-likeness (QED) is 0.752. The molecule has 0 bridgehead atoms. The Morgan fingerprint density at radius 2 is 2.38 bits per heavy atom. The highest BCUT2D eigenvalue weighted by molar-refractivity contribution is 5.79. The van der Waals surface area contributed by atoms with Crippen LogP contribution in [0.1, 0.15) is 18.5 Å². The second-order valence-corrected chi connectivity index (χ2v) is 3.43. The fraction of sp³-hybridized carbons (Fsp3) is 0.250. The lowest BCUT2D eigenvalue weighted by Gasteiger charge is -2.12. The lowest BCUT2D eigenvalue weighted by atomic mass is 10.1. The molecule has 1 atom stereocenters. The number of halogens is 1. The van der Waals surface area contributed by atoms with Gasteiger partial charge in [-0.3, -0.25) is 0 Å². The van der Waals surface area contributed by atoms with Crippen molar-refractivity contribution in [3.63, 3.8) is 0 Å². The number of benzene rings is 1. The maximum Gasteiger partial charge on any atom is 0.328 e. The average Bonchev–Trinajstić information content (AvgIpc) is 2.24. The molecule has 0 aliphatic heterocycles. The summed E-state index contributed by atoms with van der Waals surface area (Å²) < 4.78 is 12.9. The minimum Gasteiger partial charge on any atom is -0.478 e. The maximum atomic E-state index is 12.9. The normalized spacial score (nSPS) is 12.9. The third-order valence-corrected chi connectivity index (χ3v) is 2.15. The molecule has 0 aliphatic carbocycles. The van der Waals surface area contributed by atoms with Crippen LogP contribution in [0.15, 0.2) is 36.4 Å². The van der Waals surface area contributed by atoms with Gasteiger partial charge >= 0.3 is 5.97 Å². The van der Waals surface area contributed by atoms with Crippen LogP contribution in [0.25, 0.3) is 0 Å². The summed E-state index contributed by atoms with van der Waals surface area (Å²) in [4.78, 5) is 10.2. The van der Waals surface area contributed by atoms with Gasteiger partial charge in [-0.05, 0) is 24.6 Å². The van der Waals surface area contributed by atoms with E-state index in [1.54, 1.807) is 6.07 Å². The Hall–Kier alpha value is -1.68. The van der Waals surface area contributed by atoms with E-state index < -0.39 is 5.97 Å². The monoisotopic (exact) mass is 223 g/mol. The summed E-state index contributed by atoms with van der Waals surface area (Å²) in [6, 6.07) is 6.30. The van der Waals surface area contributed by atoms with E-state index in [0.717, 1.165) is 11.6 Å². The number of carboxylic acids is 1. The topological polar surface area (TPSA) is 49.3 Å². The van der Waals surface area contributed by atoms with Crippen LogP contribution in [-0.4, -0.2) is 17.6 Å². The van der Waals surface area contributed by atoms with Gasteiger partial charge < -0.3 is 10.4 Å². The van der Waals surface area contributed by atoms with Gasteiger partial charge in [0.15, 0.2) is 0 Å². The van der Waals surface area contributed by atoms with Crippen LogP contribution in [0.3, 0.4) is 0 Å². The van der Waals surface area contributed by atoms with E-state index in [-0.39, 0.29) is 11.9 Å². The largest absolute Gasteiger partial charge is 0.478 e. The highest BCUT2D eigenvalue weighted by atomic mass is 19.1. The highest BCUT2D eigenvalue weighted by Crippen LogP contribution is 2.12. The summed E-state index contributed by atoms with van der Waals surface area (Å²) in [6.07, 6.45) is 2.59. The molecule has 0 unspecified atom stereocenters. The minimum atomic E-state index is -0.972. The van der Waals surface area contributed by atoms with Gasteiger partial charge in [0.1, 0.15) is 5.82 Å². The summed E-state index contributed by atoms with van der Waals surface area (Å²) in [7, 11) is 0. The number of aliphatic carboxylic acids is 1. The first-order valence-corrected chi connectivity index (χ1v) is 4.98. The molecule has 1 aromatic rings. The van der Waals surface area contributed by atoms with Crippen molar-refractivity contribution in [2.45, 2.75) is 13.0 Å². The summed E-state index contributed by atoms with van der Waals surface area (Å²) in [5, 5.41) is 11.4. The molecule has 0 aliphatic rings. The smallest absolute Gasteiger partial charge is 0.328 e. The van der Waals surface area contributed by atoms with Gasteiger partial charge in [0.25, 0.3) is 0 Å². The van der Waals surface area contributed by atoms with Crippen LogP contribution >= 0.6 is 0 Å². The SMILES string of the molecule is C[C@@H](NC/C=C/C(=O)O)c1cccc(F)c1. The lowest BCUT2D eigenvalue weighted by molar-refractivity contribution is -0.131. The molecule has 16 heavy (non-hydrogen) atoms. The predicted molar refractivity (Wildman–Crippen MR) is 59.6 cm³/mol. The molecule has 0 heterocycles. The van der Waals surface area contributed by atoms with Crippen molar-refractivity contribution in [2.24, 2.45) is 0 Å². The Kier molecular flexibility index (Phi) is 4.66. The molecule has 0 saturated carbocycles. The number of hydrogen-bond donors (Lipinski definition) is 2. The predicted octanol–water partition coefficient (Wildman–Crippen LogP) is 2.12. The molecule has 2 N–H and O–H groups in total. The molecule has 0 aromatic heterocycles. The molecule has 0 amide bonds. The summed E-state index contributed by atoms with van der Waals surface area (Å²) in [5.41, 5.74) is 0.837. The molecule has 0 radical (unpaired) electrons. The van der Waals surface area contributed by atoms with Crippen molar-refractivity contribution in [1.82, 2.24) is 5.32 Å². The van der Waals surface area contributed by atoms with E-state index in [1.165, 1.54) is 18.2 Å². The van der Waals surface area contributed by atoms with Gasteiger partial charge in [-0.15, -0.1) is 0 Å². The van der Waals surface area contributed by atoms with E-state index in [4.69, 9.17) is 5.11 Å². The zero-order valence-corrected chi connectivity index (χ0v) is 8.98. The van der Waals surface area contributed by atoms with Crippen LogP contribution in [0.4, 0.5) is 4.39 Å². The van der Waals surface area contributed by atoms with Crippen molar-refractivity contribution in [3.05, 3.63) is 47.8 Å². The first-order chi connectivity index (χ1) is 7.59.